The molecule has 2 nitrogen and oxygen atoms in total. The Bertz CT molecular complexity index is 806. The van der Waals surface area contributed by atoms with Crippen LogP contribution in [0, 0.1) is 11.3 Å². The standard InChI is InChI=1S/C27H37Cl2N.C2H3N/c1-3-17-30(18-16-21-8-6-5-7-9-21)25(4-2)15-12-22-10-13-23(14-11-22)24-19-26(28)27(29)20-24;1-2-3/h5-11,13-14,24-27H,3-4,12,15-20H2,1-2H3;1H3. The van der Waals surface area contributed by atoms with Gasteiger partial charge in [-0.15, -0.1) is 23.2 Å². The summed E-state index contributed by atoms with van der Waals surface area (Å²) in [4.78, 5) is 2.71. The van der Waals surface area contributed by atoms with Gasteiger partial charge in [-0.1, -0.05) is 68.4 Å². The van der Waals surface area contributed by atoms with Crippen LogP contribution in [-0.2, 0) is 12.8 Å². The van der Waals surface area contributed by atoms with Gasteiger partial charge in [0.05, 0.1) is 16.8 Å². The molecule has 0 radical (unpaired) electrons. The number of alkyl halides is 2. The van der Waals surface area contributed by atoms with Crippen molar-refractivity contribution in [2.45, 2.75) is 88.4 Å². The highest BCUT2D eigenvalue weighted by Crippen LogP contribution is 2.40. The SMILES string of the molecule is CC#N.CCCN(CCc1ccccc1)C(CC)CCc1ccc(C2CC(Cl)C(Cl)C2)cc1. The predicted molar refractivity (Wildman–Crippen MR) is 143 cm³/mol. The molecule has 1 aliphatic carbocycles. The first-order valence-electron chi connectivity index (χ1n) is 12.5. The molecular weight excluding hydrogens is 447 g/mol. The summed E-state index contributed by atoms with van der Waals surface area (Å²) in [5.41, 5.74) is 4.28. The zero-order valence-electron chi connectivity index (χ0n) is 20.5. The number of hydrogen-bond acceptors (Lipinski definition) is 2. The van der Waals surface area contributed by atoms with Gasteiger partial charge in [-0.25, -0.2) is 0 Å². The molecule has 3 unspecified atom stereocenters. The molecule has 3 rings (SSSR count). The van der Waals surface area contributed by atoms with Crippen molar-refractivity contribution >= 4 is 23.2 Å². The van der Waals surface area contributed by atoms with Crippen LogP contribution in [-0.4, -0.2) is 34.8 Å². The first-order chi connectivity index (χ1) is 16.0. The van der Waals surface area contributed by atoms with Gasteiger partial charge in [-0.3, -0.25) is 0 Å². The van der Waals surface area contributed by atoms with Crippen molar-refractivity contribution in [2.24, 2.45) is 0 Å². The highest BCUT2D eigenvalue weighted by Gasteiger charge is 2.32. The van der Waals surface area contributed by atoms with E-state index in [9.17, 15) is 0 Å². The van der Waals surface area contributed by atoms with Crippen molar-refractivity contribution < 1.29 is 0 Å². The molecule has 33 heavy (non-hydrogen) atoms. The average Bonchev–Trinajstić information content (AvgIpc) is 3.17. The van der Waals surface area contributed by atoms with Crippen molar-refractivity contribution in [1.29, 1.82) is 5.26 Å². The van der Waals surface area contributed by atoms with E-state index in [1.807, 2.05) is 0 Å². The van der Waals surface area contributed by atoms with Crippen molar-refractivity contribution in [3.05, 3.63) is 71.3 Å². The summed E-state index contributed by atoms with van der Waals surface area (Å²) in [5.74, 6) is 0.519. The molecule has 1 fully saturated rings. The summed E-state index contributed by atoms with van der Waals surface area (Å²) in [6.07, 6.45) is 7.93. The number of benzene rings is 2. The molecule has 4 heteroatoms. The normalized spacial score (nSPS) is 20.7. The van der Waals surface area contributed by atoms with Crippen LogP contribution in [0.4, 0.5) is 0 Å². The van der Waals surface area contributed by atoms with Crippen LogP contribution >= 0.6 is 23.2 Å². The summed E-state index contributed by atoms with van der Waals surface area (Å²) in [6.45, 7) is 8.40. The molecule has 0 bridgehead atoms. The molecule has 0 aromatic heterocycles. The highest BCUT2D eigenvalue weighted by atomic mass is 35.5. The van der Waals surface area contributed by atoms with E-state index in [4.69, 9.17) is 28.5 Å². The quantitative estimate of drug-likeness (QED) is 0.301. The maximum atomic E-state index is 7.32. The van der Waals surface area contributed by atoms with Crippen LogP contribution in [0.1, 0.15) is 75.5 Å². The van der Waals surface area contributed by atoms with Gasteiger partial charge in [0.15, 0.2) is 0 Å². The Labute approximate surface area is 211 Å². The van der Waals surface area contributed by atoms with Crippen molar-refractivity contribution in [3.63, 3.8) is 0 Å². The third kappa shape index (κ3) is 9.32. The van der Waals surface area contributed by atoms with E-state index >= 15 is 0 Å². The Morgan fingerprint density at radius 2 is 1.48 bits per heavy atom. The monoisotopic (exact) mass is 486 g/mol. The van der Waals surface area contributed by atoms with Gasteiger partial charge in [0.1, 0.15) is 0 Å². The third-order valence-electron chi connectivity index (χ3n) is 6.66. The summed E-state index contributed by atoms with van der Waals surface area (Å²) in [6, 6.07) is 22.5. The molecule has 3 atom stereocenters. The molecule has 2 aromatic carbocycles. The number of rotatable bonds is 11. The first-order valence-corrected chi connectivity index (χ1v) is 13.3. The number of aryl methyl sites for hydroxylation is 1. The topological polar surface area (TPSA) is 27.0 Å². The second kappa shape index (κ2) is 15.4. The lowest BCUT2D eigenvalue weighted by Gasteiger charge is -2.31. The Kier molecular flexibility index (Phi) is 12.9. The Hall–Kier alpha value is -1.53. The lowest BCUT2D eigenvalue weighted by molar-refractivity contribution is 0.183. The molecule has 0 N–H and O–H groups in total. The highest BCUT2D eigenvalue weighted by molar-refractivity contribution is 6.30. The van der Waals surface area contributed by atoms with E-state index in [1.54, 1.807) is 6.07 Å². The van der Waals surface area contributed by atoms with Crippen LogP contribution in [0.15, 0.2) is 54.6 Å². The zero-order chi connectivity index (χ0) is 24.1. The molecule has 0 amide bonds. The Balaban J connectivity index is 0.00000122. The van der Waals surface area contributed by atoms with Gasteiger partial charge in [-0.2, -0.15) is 5.26 Å². The zero-order valence-corrected chi connectivity index (χ0v) is 22.0. The molecule has 1 saturated carbocycles. The van der Waals surface area contributed by atoms with E-state index in [0.29, 0.717) is 12.0 Å². The fourth-order valence-corrected chi connectivity index (χ4v) is 5.46. The van der Waals surface area contributed by atoms with Crippen LogP contribution < -0.4 is 0 Å². The van der Waals surface area contributed by atoms with E-state index in [-0.39, 0.29) is 10.8 Å². The van der Waals surface area contributed by atoms with Gasteiger partial charge in [0.25, 0.3) is 0 Å². The smallest absolute Gasteiger partial charge is 0.0587 e. The largest absolute Gasteiger partial charge is 0.300 e. The fraction of sp³-hybridized carbons (Fsp3) is 0.552. The van der Waals surface area contributed by atoms with Crippen LogP contribution in [0.2, 0.25) is 0 Å². The fourth-order valence-electron chi connectivity index (χ4n) is 4.82. The van der Waals surface area contributed by atoms with Crippen LogP contribution in [0.3, 0.4) is 0 Å². The van der Waals surface area contributed by atoms with E-state index in [2.05, 4.69) is 73.3 Å². The molecular formula is C29H40Cl2N2. The van der Waals surface area contributed by atoms with Crippen molar-refractivity contribution in [2.75, 3.05) is 13.1 Å². The van der Waals surface area contributed by atoms with Gasteiger partial charge >= 0.3 is 0 Å². The van der Waals surface area contributed by atoms with Crippen molar-refractivity contribution in [3.8, 4) is 6.07 Å². The second-order valence-corrected chi connectivity index (χ2v) is 10.2. The average molecular weight is 488 g/mol. The number of nitriles is 1. The Morgan fingerprint density at radius 3 is 2.03 bits per heavy atom. The minimum atomic E-state index is 0.113. The molecule has 180 valence electrons. The minimum absolute atomic E-state index is 0.113. The van der Waals surface area contributed by atoms with E-state index in [0.717, 1.165) is 32.2 Å². The molecule has 0 saturated heterocycles. The van der Waals surface area contributed by atoms with Gasteiger partial charge in [0, 0.05) is 19.5 Å². The third-order valence-corrected chi connectivity index (χ3v) is 7.75. The minimum Gasteiger partial charge on any atom is -0.300 e. The van der Waals surface area contributed by atoms with Gasteiger partial charge in [-0.05, 0) is 74.1 Å². The lowest BCUT2D eigenvalue weighted by Crippen LogP contribution is -2.37. The van der Waals surface area contributed by atoms with Gasteiger partial charge < -0.3 is 4.90 Å². The maximum absolute atomic E-state index is 7.32. The summed E-state index contributed by atoms with van der Waals surface area (Å²) < 4.78 is 0. The second-order valence-electron chi connectivity index (χ2n) is 9.04. The molecule has 2 aromatic rings. The lowest BCUT2D eigenvalue weighted by atomic mass is 9.95. The molecule has 0 aliphatic heterocycles. The summed E-state index contributed by atoms with van der Waals surface area (Å²) in [5, 5.41) is 7.55. The Morgan fingerprint density at radius 1 is 0.909 bits per heavy atom. The van der Waals surface area contributed by atoms with E-state index in [1.165, 1.54) is 49.4 Å². The molecule has 0 heterocycles. The van der Waals surface area contributed by atoms with Crippen LogP contribution in [0.5, 0.6) is 0 Å². The molecule has 0 spiro atoms. The maximum Gasteiger partial charge on any atom is 0.0587 e. The predicted octanol–water partition coefficient (Wildman–Crippen LogP) is 7.97. The first kappa shape index (κ1) is 27.7. The van der Waals surface area contributed by atoms with Gasteiger partial charge in [0.2, 0.25) is 0 Å². The van der Waals surface area contributed by atoms with Crippen LogP contribution in [0.25, 0.3) is 0 Å². The number of nitrogens with zero attached hydrogens (tertiary/aromatic N) is 2. The number of hydrogen-bond donors (Lipinski definition) is 0. The summed E-state index contributed by atoms with van der Waals surface area (Å²) in [7, 11) is 0. The van der Waals surface area contributed by atoms with Crippen molar-refractivity contribution in [1.82, 2.24) is 4.90 Å². The number of halogens is 2. The summed E-state index contributed by atoms with van der Waals surface area (Å²) >= 11 is 12.6. The van der Waals surface area contributed by atoms with E-state index < -0.39 is 0 Å². The molecule has 1 aliphatic rings.